The molecule has 1 aliphatic heterocycles. The number of likely N-dealkylation sites (tertiary alicyclic amines) is 1. The number of hydrogen-bond acceptors (Lipinski definition) is 4. The second-order valence-corrected chi connectivity index (χ2v) is 7.16. The number of aliphatic carboxylic acids is 1. The van der Waals surface area contributed by atoms with Crippen LogP contribution in [-0.2, 0) is 9.53 Å². The first-order valence-electron chi connectivity index (χ1n) is 7.59. The maximum Gasteiger partial charge on any atom is 0.411 e. The molecule has 6 heteroatoms. The van der Waals surface area contributed by atoms with E-state index in [1.807, 2.05) is 0 Å². The lowest BCUT2D eigenvalue weighted by atomic mass is 9.80. The highest BCUT2D eigenvalue weighted by atomic mass is 16.6. The molecule has 1 heterocycles. The number of ether oxygens (including phenoxy) is 1. The highest BCUT2D eigenvalue weighted by molar-refractivity contribution is 5.86. The predicted molar refractivity (Wildman–Crippen MR) is 75.9 cm³/mol. The van der Waals surface area contributed by atoms with Crippen LogP contribution in [-0.4, -0.2) is 51.0 Å². The molecule has 2 rings (SSSR count). The fourth-order valence-electron chi connectivity index (χ4n) is 3.63. The van der Waals surface area contributed by atoms with E-state index in [9.17, 15) is 19.8 Å². The number of aliphatic hydroxyl groups excluding tert-OH is 1. The molecule has 2 aliphatic rings. The zero-order chi connectivity index (χ0) is 15.8. The van der Waals surface area contributed by atoms with Gasteiger partial charge in [-0.15, -0.1) is 0 Å². The number of carbonyl (C=O) groups is 2. The van der Waals surface area contributed by atoms with Crippen LogP contribution in [0.2, 0.25) is 0 Å². The van der Waals surface area contributed by atoms with Gasteiger partial charge in [0.15, 0.2) is 0 Å². The van der Waals surface area contributed by atoms with Crippen LogP contribution in [0.15, 0.2) is 0 Å². The van der Waals surface area contributed by atoms with Crippen LogP contribution < -0.4 is 0 Å². The van der Waals surface area contributed by atoms with Crippen LogP contribution in [0.1, 0.15) is 52.9 Å². The van der Waals surface area contributed by atoms with Crippen molar-refractivity contribution in [2.75, 3.05) is 6.54 Å². The minimum absolute atomic E-state index is 0.0255. The minimum atomic E-state index is -1.32. The molecular formula is C15H25NO5. The van der Waals surface area contributed by atoms with Gasteiger partial charge in [0.1, 0.15) is 11.1 Å². The topological polar surface area (TPSA) is 87.1 Å². The van der Waals surface area contributed by atoms with E-state index in [2.05, 4.69) is 0 Å². The van der Waals surface area contributed by atoms with Gasteiger partial charge in [0.25, 0.3) is 0 Å². The molecule has 0 spiro atoms. The van der Waals surface area contributed by atoms with E-state index >= 15 is 0 Å². The van der Waals surface area contributed by atoms with Crippen molar-refractivity contribution in [3.05, 3.63) is 0 Å². The van der Waals surface area contributed by atoms with E-state index < -0.39 is 29.3 Å². The Balaban J connectivity index is 2.32. The molecule has 1 saturated heterocycles. The van der Waals surface area contributed by atoms with Crippen LogP contribution in [0.25, 0.3) is 0 Å². The Morgan fingerprint density at radius 3 is 2.29 bits per heavy atom. The first kappa shape index (κ1) is 16.1. The smallest absolute Gasteiger partial charge is 0.411 e. The van der Waals surface area contributed by atoms with Gasteiger partial charge in [-0.05, 0) is 39.5 Å². The SMILES string of the molecule is CC(C)(C)OC(=O)N1C[C@H](O)C[C@@]1(C(=O)O)C1CCCC1. The molecule has 120 valence electrons. The summed E-state index contributed by atoms with van der Waals surface area (Å²) in [7, 11) is 0. The number of β-amino-alcohol motifs (C(OH)–C–C–N with tert-alkyl or cyclic N) is 1. The number of amides is 1. The number of carbonyl (C=O) groups excluding carboxylic acids is 1. The summed E-state index contributed by atoms with van der Waals surface area (Å²) in [5, 5.41) is 19.8. The molecule has 6 nitrogen and oxygen atoms in total. The van der Waals surface area contributed by atoms with Gasteiger partial charge in [0, 0.05) is 6.42 Å². The zero-order valence-corrected chi connectivity index (χ0v) is 13.0. The number of rotatable bonds is 2. The predicted octanol–water partition coefficient (Wildman–Crippen LogP) is 2.00. The molecule has 0 radical (unpaired) electrons. The Kier molecular flexibility index (Phi) is 4.19. The summed E-state index contributed by atoms with van der Waals surface area (Å²) < 4.78 is 5.35. The fraction of sp³-hybridized carbons (Fsp3) is 0.867. The maximum absolute atomic E-state index is 12.4. The van der Waals surface area contributed by atoms with Crippen LogP contribution in [0.5, 0.6) is 0 Å². The summed E-state index contributed by atoms with van der Waals surface area (Å²) in [5.74, 6) is -1.14. The Morgan fingerprint density at radius 1 is 1.24 bits per heavy atom. The van der Waals surface area contributed by atoms with Gasteiger partial charge in [0.2, 0.25) is 0 Å². The van der Waals surface area contributed by atoms with Gasteiger partial charge in [0.05, 0.1) is 12.6 Å². The highest BCUT2D eigenvalue weighted by Gasteiger charge is 2.59. The van der Waals surface area contributed by atoms with Crippen LogP contribution >= 0.6 is 0 Å². The molecular weight excluding hydrogens is 274 g/mol. The molecule has 0 aromatic rings. The largest absolute Gasteiger partial charge is 0.479 e. The van der Waals surface area contributed by atoms with Crippen molar-refractivity contribution >= 4 is 12.1 Å². The number of carboxylic acid groups (broad SMARTS) is 1. The van der Waals surface area contributed by atoms with E-state index in [1.54, 1.807) is 20.8 Å². The molecule has 1 amide bonds. The molecule has 0 aromatic heterocycles. The minimum Gasteiger partial charge on any atom is -0.479 e. The second kappa shape index (κ2) is 5.48. The van der Waals surface area contributed by atoms with Crippen molar-refractivity contribution in [2.24, 2.45) is 5.92 Å². The number of carboxylic acids is 1. The maximum atomic E-state index is 12.4. The Bertz CT molecular complexity index is 424. The van der Waals surface area contributed by atoms with Crippen molar-refractivity contribution in [2.45, 2.75) is 70.1 Å². The van der Waals surface area contributed by atoms with Crippen molar-refractivity contribution in [3.63, 3.8) is 0 Å². The quantitative estimate of drug-likeness (QED) is 0.814. The zero-order valence-electron chi connectivity index (χ0n) is 13.0. The standard InChI is InChI=1S/C15H25NO5/c1-14(2,3)21-13(20)16-9-11(17)8-15(16,12(18)19)10-6-4-5-7-10/h10-11,17H,4-9H2,1-3H3,(H,18,19)/t11-,15+/m1/s1. The Morgan fingerprint density at radius 2 is 1.81 bits per heavy atom. The van der Waals surface area contributed by atoms with Crippen molar-refractivity contribution in [1.29, 1.82) is 0 Å². The van der Waals surface area contributed by atoms with E-state index in [4.69, 9.17) is 4.74 Å². The molecule has 0 unspecified atom stereocenters. The molecule has 1 saturated carbocycles. The summed E-state index contributed by atoms with van der Waals surface area (Å²) in [5.41, 5.74) is -2.01. The van der Waals surface area contributed by atoms with Crippen LogP contribution in [0.3, 0.4) is 0 Å². The lowest BCUT2D eigenvalue weighted by Gasteiger charge is -2.39. The van der Waals surface area contributed by atoms with Crippen molar-refractivity contribution in [3.8, 4) is 0 Å². The third kappa shape index (κ3) is 3.00. The van der Waals surface area contributed by atoms with Crippen LogP contribution in [0.4, 0.5) is 4.79 Å². The van der Waals surface area contributed by atoms with E-state index in [-0.39, 0.29) is 18.9 Å². The molecule has 2 atom stereocenters. The Labute approximate surface area is 125 Å². The monoisotopic (exact) mass is 299 g/mol. The third-order valence-electron chi connectivity index (χ3n) is 4.44. The average Bonchev–Trinajstić information content (AvgIpc) is 2.93. The highest BCUT2D eigenvalue weighted by Crippen LogP contribution is 2.45. The van der Waals surface area contributed by atoms with E-state index in [1.165, 1.54) is 4.90 Å². The molecule has 1 aliphatic carbocycles. The lowest BCUT2D eigenvalue weighted by Crippen LogP contribution is -2.58. The summed E-state index contributed by atoms with van der Waals surface area (Å²) in [6, 6.07) is 0. The van der Waals surface area contributed by atoms with Gasteiger partial charge in [-0.25, -0.2) is 9.59 Å². The van der Waals surface area contributed by atoms with Gasteiger partial charge < -0.3 is 14.9 Å². The number of nitrogens with zero attached hydrogens (tertiary/aromatic N) is 1. The summed E-state index contributed by atoms with van der Waals surface area (Å²) in [6.07, 6.45) is 2.13. The van der Waals surface area contributed by atoms with Gasteiger partial charge in [-0.3, -0.25) is 4.90 Å². The van der Waals surface area contributed by atoms with Gasteiger partial charge in [-0.2, -0.15) is 0 Å². The van der Waals surface area contributed by atoms with Gasteiger partial charge in [-0.1, -0.05) is 12.8 Å². The van der Waals surface area contributed by atoms with Crippen LogP contribution in [0, 0.1) is 5.92 Å². The molecule has 2 N–H and O–H groups in total. The van der Waals surface area contributed by atoms with E-state index in [0.717, 1.165) is 25.7 Å². The molecule has 21 heavy (non-hydrogen) atoms. The molecule has 2 fully saturated rings. The lowest BCUT2D eigenvalue weighted by molar-refractivity contribution is -0.153. The number of hydrogen-bond donors (Lipinski definition) is 2. The Hall–Kier alpha value is -1.30. The van der Waals surface area contributed by atoms with Crippen molar-refractivity contribution < 1.29 is 24.5 Å². The normalized spacial score (nSPS) is 30.7. The second-order valence-electron chi connectivity index (χ2n) is 7.16. The molecule has 0 bridgehead atoms. The summed E-state index contributed by atoms with van der Waals surface area (Å²) >= 11 is 0. The molecule has 0 aromatic carbocycles. The fourth-order valence-corrected chi connectivity index (χ4v) is 3.63. The average molecular weight is 299 g/mol. The summed E-state index contributed by atoms with van der Waals surface area (Å²) in [6.45, 7) is 5.26. The van der Waals surface area contributed by atoms with Gasteiger partial charge >= 0.3 is 12.1 Å². The third-order valence-corrected chi connectivity index (χ3v) is 4.44. The summed E-state index contributed by atoms with van der Waals surface area (Å²) in [4.78, 5) is 25.6. The number of aliphatic hydroxyl groups is 1. The first-order valence-corrected chi connectivity index (χ1v) is 7.59. The first-order chi connectivity index (χ1) is 9.67. The van der Waals surface area contributed by atoms with Crippen molar-refractivity contribution in [1.82, 2.24) is 4.90 Å². The van der Waals surface area contributed by atoms with E-state index in [0.29, 0.717) is 0 Å².